The van der Waals surface area contributed by atoms with Crippen LogP contribution in [0.1, 0.15) is 70.4 Å². The fourth-order valence-electron chi connectivity index (χ4n) is 6.92. The number of rotatable bonds is 3. The number of para-hydroxylation sites is 1. The molecule has 3 aromatic rings. The summed E-state index contributed by atoms with van der Waals surface area (Å²) in [4.78, 5) is 29.9. The Morgan fingerprint density at radius 2 is 1.37 bits per heavy atom. The van der Waals surface area contributed by atoms with Gasteiger partial charge >= 0.3 is 0 Å². The molecule has 2 aliphatic carbocycles. The highest BCUT2D eigenvalue weighted by molar-refractivity contribution is 6.08. The van der Waals surface area contributed by atoms with E-state index in [1.54, 1.807) is 12.1 Å². The van der Waals surface area contributed by atoms with Gasteiger partial charge in [-0.3, -0.25) is 9.59 Å². The summed E-state index contributed by atoms with van der Waals surface area (Å²) < 4.78 is 16.7. The maximum Gasteiger partial charge on any atom is 0.162 e. The van der Waals surface area contributed by atoms with E-state index >= 15 is 0 Å². The van der Waals surface area contributed by atoms with Crippen LogP contribution in [0.25, 0.3) is 10.9 Å². The minimum atomic E-state index is -0.407. The van der Waals surface area contributed by atoms with Crippen molar-refractivity contribution in [2.75, 3.05) is 7.05 Å². The predicted molar refractivity (Wildman–Crippen MR) is 148 cm³/mol. The Labute approximate surface area is 223 Å². The number of aromatic nitrogens is 1. The van der Waals surface area contributed by atoms with Crippen molar-refractivity contribution in [2.24, 2.45) is 10.8 Å². The topological polar surface area (TPSA) is 42.3 Å². The lowest BCUT2D eigenvalue weighted by Gasteiger charge is -2.47. The summed E-state index contributed by atoms with van der Waals surface area (Å²) in [5.41, 5.74) is 5.90. The van der Waals surface area contributed by atoms with E-state index in [0.29, 0.717) is 24.9 Å². The van der Waals surface area contributed by atoms with E-state index < -0.39 is 5.92 Å². The van der Waals surface area contributed by atoms with Crippen LogP contribution in [0.4, 0.5) is 4.39 Å². The second-order valence-electron chi connectivity index (χ2n) is 12.9. The standard InChI is InChI=1S/C33H35FN2O2/c1-32(2)14-25-30(27(37)16-32)29(31-26(35(25)5)15-33(3,4)17-28(31)38)22-19-36(24-13-9-7-11-21(22)24)18-20-10-6-8-12-23(20)34/h6-13,19,29H,14-18H2,1-5H3. The third kappa shape index (κ3) is 3.95. The summed E-state index contributed by atoms with van der Waals surface area (Å²) in [6.45, 7) is 8.98. The predicted octanol–water partition coefficient (Wildman–Crippen LogP) is 7.14. The fourth-order valence-corrected chi connectivity index (χ4v) is 6.92. The Kier molecular flexibility index (Phi) is 5.57. The molecule has 196 valence electrons. The van der Waals surface area contributed by atoms with Gasteiger partial charge < -0.3 is 9.47 Å². The van der Waals surface area contributed by atoms with Gasteiger partial charge in [0, 0.05) is 71.0 Å². The van der Waals surface area contributed by atoms with Gasteiger partial charge in [-0.2, -0.15) is 0 Å². The van der Waals surface area contributed by atoms with Gasteiger partial charge in [0.25, 0.3) is 0 Å². The van der Waals surface area contributed by atoms with Gasteiger partial charge in [-0.25, -0.2) is 4.39 Å². The molecule has 4 nitrogen and oxygen atoms in total. The quantitative estimate of drug-likeness (QED) is 0.376. The van der Waals surface area contributed by atoms with Crippen molar-refractivity contribution in [1.29, 1.82) is 0 Å². The second kappa shape index (κ2) is 8.52. The van der Waals surface area contributed by atoms with Crippen molar-refractivity contribution in [3.05, 3.63) is 94.2 Å². The number of ketones is 2. The molecule has 5 heteroatoms. The third-order valence-electron chi connectivity index (χ3n) is 8.61. The van der Waals surface area contributed by atoms with Gasteiger partial charge in [-0.15, -0.1) is 0 Å². The molecule has 3 aliphatic rings. The van der Waals surface area contributed by atoms with E-state index in [9.17, 15) is 14.0 Å². The monoisotopic (exact) mass is 510 g/mol. The van der Waals surface area contributed by atoms with Gasteiger partial charge in [-0.1, -0.05) is 64.1 Å². The number of hydrogen-bond acceptors (Lipinski definition) is 3. The highest BCUT2D eigenvalue weighted by Crippen LogP contribution is 2.54. The third-order valence-corrected chi connectivity index (χ3v) is 8.61. The smallest absolute Gasteiger partial charge is 0.162 e. The zero-order valence-corrected chi connectivity index (χ0v) is 22.9. The van der Waals surface area contributed by atoms with E-state index in [4.69, 9.17) is 0 Å². The van der Waals surface area contributed by atoms with E-state index in [1.165, 1.54) is 6.07 Å². The van der Waals surface area contributed by atoms with Crippen LogP contribution in [-0.2, 0) is 16.1 Å². The number of allylic oxidation sites excluding steroid dienone is 4. The summed E-state index contributed by atoms with van der Waals surface area (Å²) in [7, 11) is 2.03. The average molecular weight is 511 g/mol. The maximum absolute atomic E-state index is 14.6. The van der Waals surface area contributed by atoms with Crippen molar-refractivity contribution in [1.82, 2.24) is 9.47 Å². The van der Waals surface area contributed by atoms with E-state index in [1.807, 2.05) is 31.3 Å². The summed E-state index contributed by atoms with van der Waals surface area (Å²) in [6.07, 6.45) is 4.57. The largest absolute Gasteiger partial charge is 0.351 e. The van der Waals surface area contributed by atoms with Crippen molar-refractivity contribution < 1.29 is 14.0 Å². The fraction of sp³-hybridized carbons (Fsp3) is 0.394. The molecule has 0 radical (unpaired) electrons. The summed E-state index contributed by atoms with van der Waals surface area (Å²) in [6, 6.07) is 14.9. The Morgan fingerprint density at radius 3 is 1.97 bits per heavy atom. The lowest BCUT2D eigenvalue weighted by Crippen LogP contribution is -2.43. The molecule has 0 bridgehead atoms. The molecule has 0 fully saturated rings. The van der Waals surface area contributed by atoms with Crippen molar-refractivity contribution in [3.63, 3.8) is 0 Å². The Bertz CT molecular complexity index is 1510. The Hall–Kier alpha value is -3.47. The minimum Gasteiger partial charge on any atom is -0.351 e. The first kappa shape index (κ1) is 24.8. The summed E-state index contributed by atoms with van der Waals surface area (Å²) in [5.74, 6) is -0.392. The van der Waals surface area contributed by atoms with Crippen molar-refractivity contribution in [3.8, 4) is 0 Å². The maximum atomic E-state index is 14.6. The van der Waals surface area contributed by atoms with Crippen LogP contribution in [0.5, 0.6) is 0 Å². The van der Waals surface area contributed by atoms with Gasteiger partial charge in [0.1, 0.15) is 5.82 Å². The van der Waals surface area contributed by atoms with Crippen molar-refractivity contribution in [2.45, 2.75) is 65.8 Å². The molecule has 0 N–H and O–H groups in total. The molecule has 2 heterocycles. The number of nitrogens with zero attached hydrogens (tertiary/aromatic N) is 2. The Balaban J connectivity index is 1.60. The number of carbonyl (C=O) groups is 2. The van der Waals surface area contributed by atoms with Gasteiger partial charge in [-0.05, 0) is 41.4 Å². The molecule has 1 aromatic heterocycles. The molecule has 6 rings (SSSR count). The molecule has 0 unspecified atom stereocenters. The SMILES string of the molecule is CN1C2=C(C(=O)CC(C)(C)C2)C(c2cn(Cc3ccccc3F)c3ccccc23)C2=C1CC(C)(C)CC2=O. The highest BCUT2D eigenvalue weighted by atomic mass is 19.1. The molecular formula is C33H35FN2O2. The number of halogens is 1. The number of benzene rings is 2. The first-order valence-electron chi connectivity index (χ1n) is 13.5. The molecule has 0 atom stereocenters. The number of hydrogen-bond donors (Lipinski definition) is 0. The van der Waals surface area contributed by atoms with Crippen LogP contribution in [0, 0.1) is 16.6 Å². The van der Waals surface area contributed by atoms with E-state index in [0.717, 1.165) is 51.8 Å². The van der Waals surface area contributed by atoms with Gasteiger partial charge in [0.15, 0.2) is 11.6 Å². The first-order chi connectivity index (χ1) is 18.0. The summed E-state index contributed by atoms with van der Waals surface area (Å²) >= 11 is 0. The normalized spacial score (nSPS) is 21.3. The van der Waals surface area contributed by atoms with Crippen LogP contribution in [-0.4, -0.2) is 28.1 Å². The number of fused-ring (bicyclic) bond motifs is 1. The molecule has 0 spiro atoms. The lowest BCUT2D eigenvalue weighted by molar-refractivity contribution is -0.119. The van der Waals surface area contributed by atoms with E-state index in [-0.39, 0.29) is 28.2 Å². The minimum absolute atomic E-state index is 0.128. The van der Waals surface area contributed by atoms with Crippen LogP contribution >= 0.6 is 0 Å². The zero-order chi connectivity index (χ0) is 27.0. The zero-order valence-electron chi connectivity index (χ0n) is 22.9. The van der Waals surface area contributed by atoms with Gasteiger partial charge in [0.2, 0.25) is 0 Å². The molecule has 0 saturated carbocycles. The van der Waals surface area contributed by atoms with Crippen LogP contribution < -0.4 is 0 Å². The molecular weight excluding hydrogens is 475 g/mol. The molecule has 2 aromatic carbocycles. The highest BCUT2D eigenvalue weighted by Gasteiger charge is 2.48. The van der Waals surface area contributed by atoms with E-state index in [2.05, 4.69) is 49.4 Å². The van der Waals surface area contributed by atoms with Gasteiger partial charge in [0.05, 0.1) is 6.54 Å². The number of carbonyl (C=O) groups excluding carboxylic acids is 2. The lowest BCUT2D eigenvalue weighted by atomic mass is 9.64. The van der Waals surface area contributed by atoms with Crippen LogP contribution in [0.2, 0.25) is 0 Å². The second-order valence-corrected chi connectivity index (χ2v) is 12.9. The first-order valence-corrected chi connectivity index (χ1v) is 13.5. The molecule has 1 aliphatic heterocycles. The molecule has 38 heavy (non-hydrogen) atoms. The van der Waals surface area contributed by atoms with Crippen molar-refractivity contribution >= 4 is 22.5 Å². The Morgan fingerprint density at radius 1 is 0.816 bits per heavy atom. The molecule has 0 amide bonds. The number of Topliss-reactive ketones (excluding diaryl/α,β-unsaturated/α-hetero) is 2. The van der Waals surface area contributed by atoms with Crippen LogP contribution in [0.15, 0.2) is 77.3 Å². The average Bonchev–Trinajstić information content (AvgIpc) is 3.19. The molecule has 0 saturated heterocycles. The summed E-state index contributed by atoms with van der Waals surface area (Å²) in [5, 5.41) is 1.01. The van der Waals surface area contributed by atoms with Crippen LogP contribution in [0.3, 0.4) is 0 Å².